The fraction of sp³-hybridized carbons (Fsp3) is 0.424. The van der Waals surface area contributed by atoms with Gasteiger partial charge in [-0.15, -0.1) is 10.2 Å². The number of halogens is 3. The number of nitrogens with zero attached hydrogens (tertiary/aromatic N) is 8. The number of aryl methyl sites for hydroxylation is 1. The van der Waals surface area contributed by atoms with E-state index in [9.17, 15) is 23.2 Å². The minimum atomic E-state index is -4.66. The van der Waals surface area contributed by atoms with Crippen LogP contribution in [0.15, 0.2) is 58.8 Å². The first-order valence-electron chi connectivity index (χ1n) is 15.5. The second kappa shape index (κ2) is 12.2. The molecule has 0 aliphatic carbocycles. The van der Waals surface area contributed by atoms with Gasteiger partial charge in [0.25, 0.3) is 0 Å². The van der Waals surface area contributed by atoms with E-state index in [1.807, 2.05) is 26.0 Å². The molecule has 240 valence electrons. The number of nitrogens with one attached hydrogen (secondary N) is 1. The zero-order valence-electron chi connectivity index (χ0n) is 26.2. The first-order chi connectivity index (χ1) is 22.0. The number of nitriles is 1. The standard InChI is InChI=1S/C33H36F3N9O/c1-5-38-30-21(3)25(24-9-8-22(14-37)11-26(24)31-41-39-19-42(31)4)13-29(40-30)45-18-28-27(33(34,35)36)12-23(17-44(28)32(45)46)16-43-10-6-7-20(2)15-43/h8-9,11-13,17-21,25H,5-7,10,15-16H2,1-4H3,(H,38,40)/t20-,21?,25?/m0/s1. The van der Waals surface area contributed by atoms with Crippen LogP contribution >= 0.6 is 0 Å². The molecule has 4 aromatic rings. The van der Waals surface area contributed by atoms with Gasteiger partial charge in [0.2, 0.25) is 0 Å². The van der Waals surface area contributed by atoms with Crippen molar-refractivity contribution in [1.29, 1.82) is 5.26 Å². The maximum Gasteiger partial charge on any atom is 0.418 e. The Labute approximate surface area is 264 Å². The number of imidazole rings is 1. The molecule has 3 atom stereocenters. The molecule has 10 nitrogen and oxygen atoms in total. The Kier molecular flexibility index (Phi) is 8.33. The van der Waals surface area contributed by atoms with Gasteiger partial charge in [-0.3, -0.25) is 18.9 Å². The van der Waals surface area contributed by atoms with Crippen molar-refractivity contribution in [3.63, 3.8) is 0 Å². The third-order valence-electron chi connectivity index (χ3n) is 8.92. The van der Waals surface area contributed by atoms with Gasteiger partial charge in [0, 0.05) is 56.5 Å². The summed E-state index contributed by atoms with van der Waals surface area (Å²) in [4.78, 5) is 20.7. The largest absolute Gasteiger partial charge is 0.418 e. The Morgan fingerprint density at radius 1 is 1.20 bits per heavy atom. The smallest absolute Gasteiger partial charge is 0.330 e. The Bertz CT molecular complexity index is 1940. The van der Waals surface area contributed by atoms with Crippen LogP contribution in [0, 0.1) is 23.2 Å². The van der Waals surface area contributed by atoms with Crippen molar-refractivity contribution >= 4 is 17.2 Å². The van der Waals surface area contributed by atoms with E-state index in [0.717, 1.165) is 35.9 Å². The number of piperidine rings is 1. The Balaban J connectivity index is 1.50. The van der Waals surface area contributed by atoms with Crippen LogP contribution in [-0.2, 0) is 19.8 Å². The third-order valence-corrected chi connectivity index (χ3v) is 8.92. The highest BCUT2D eigenvalue weighted by molar-refractivity contribution is 5.93. The number of rotatable bonds is 6. The molecule has 1 fully saturated rings. The first-order valence-corrected chi connectivity index (χ1v) is 15.5. The zero-order chi connectivity index (χ0) is 32.7. The molecule has 2 unspecified atom stereocenters. The lowest BCUT2D eigenvalue weighted by molar-refractivity contribution is -0.136. The van der Waals surface area contributed by atoms with E-state index < -0.39 is 17.4 Å². The van der Waals surface area contributed by atoms with Crippen molar-refractivity contribution in [3.8, 4) is 17.5 Å². The molecule has 6 rings (SSSR count). The maximum absolute atomic E-state index is 14.5. The molecule has 13 heteroatoms. The number of hydrogen-bond donors (Lipinski definition) is 1. The van der Waals surface area contributed by atoms with Crippen molar-refractivity contribution in [2.45, 2.75) is 52.3 Å². The topological polar surface area (TPSA) is 109 Å². The van der Waals surface area contributed by atoms with Gasteiger partial charge in [-0.25, -0.2) is 4.79 Å². The molecular weight excluding hydrogens is 595 g/mol. The van der Waals surface area contributed by atoms with Gasteiger partial charge in [0.1, 0.15) is 18.0 Å². The van der Waals surface area contributed by atoms with Crippen LogP contribution in [0.3, 0.4) is 0 Å². The predicted octanol–water partition coefficient (Wildman–Crippen LogP) is 5.26. The predicted molar refractivity (Wildman–Crippen MR) is 169 cm³/mol. The molecule has 46 heavy (non-hydrogen) atoms. The Morgan fingerprint density at radius 3 is 2.67 bits per heavy atom. The number of alkyl halides is 3. The number of aromatic nitrogens is 5. The van der Waals surface area contributed by atoms with E-state index in [1.54, 1.807) is 30.1 Å². The number of likely N-dealkylation sites (tertiary alicyclic amines) is 1. The zero-order valence-corrected chi connectivity index (χ0v) is 26.2. The van der Waals surface area contributed by atoms with Crippen LogP contribution < -0.4 is 11.0 Å². The summed E-state index contributed by atoms with van der Waals surface area (Å²) in [5.74, 6) is 1.36. The summed E-state index contributed by atoms with van der Waals surface area (Å²) in [5.41, 5.74) is 0.686. The van der Waals surface area contributed by atoms with Gasteiger partial charge >= 0.3 is 11.9 Å². The van der Waals surface area contributed by atoms with E-state index in [0.29, 0.717) is 53.2 Å². The normalized spacial score (nSPS) is 21.7. The monoisotopic (exact) mass is 631 g/mol. The van der Waals surface area contributed by atoms with Crippen molar-refractivity contribution in [2.75, 3.05) is 19.6 Å². The van der Waals surface area contributed by atoms with Crippen LogP contribution in [0.4, 0.5) is 13.2 Å². The Morgan fingerprint density at radius 2 is 2.00 bits per heavy atom. The van der Waals surface area contributed by atoms with Gasteiger partial charge in [-0.05, 0) is 67.6 Å². The molecule has 0 amide bonds. The van der Waals surface area contributed by atoms with Gasteiger partial charge in [0.15, 0.2) is 5.82 Å². The lowest BCUT2D eigenvalue weighted by atomic mass is 9.81. The number of benzene rings is 1. The van der Waals surface area contributed by atoms with Crippen LogP contribution in [0.2, 0.25) is 0 Å². The summed E-state index contributed by atoms with van der Waals surface area (Å²) in [6.45, 7) is 8.42. The number of aliphatic imine (C=N–C) groups is 1. The maximum atomic E-state index is 14.5. The SMILES string of the molecule is CCN=C1NC(n2cc3c(C(F)(F)F)cc(CN4CCC[C@H](C)C4)cn3c2=O)=CC(c2ccc(C#N)cc2-c2nncn2C)C1C. The Hall–Kier alpha value is -4.70. The average molecular weight is 632 g/mol. The van der Waals surface area contributed by atoms with Crippen molar-refractivity contribution in [1.82, 2.24) is 33.9 Å². The van der Waals surface area contributed by atoms with Gasteiger partial charge in [0.05, 0.1) is 22.7 Å². The summed E-state index contributed by atoms with van der Waals surface area (Å²) in [6, 6.07) is 8.65. The highest BCUT2D eigenvalue weighted by Gasteiger charge is 2.36. The lowest BCUT2D eigenvalue weighted by Gasteiger charge is -2.32. The quantitative estimate of drug-likeness (QED) is 0.311. The van der Waals surface area contributed by atoms with E-state index in [1.165, 1.54) is 23.0 Å². The van der Waals surface area contributed by atoms with E-state index in [2.05, 4.69) is 38.4 Å². The second-order valence-electron chi connectivity index (χ2n) is 12.3. The molecule has 2 aliphatic heterocycles. The van der Waals surface area contributed by atoms with Crippen LogP contribution in [0.25, 0.3) is 22.7 Å². The van der Waals surface area contributed by atoms with Crippen LogP contribution in [0.1, 0.15) is 61.8 Å². The van der Waals surface area contributed by atoms with Gasteiger partial charge < -0.3 is 9.88 Å². The summed E-state index contributed by atoms with van der Waals surface area (Å²) >= 11 is 0. The van der Waals surface area contributed by atoms with E-state index in [4.69, 9.17) is 0 Å². The second-order valence-corrected chi connectivity index (χ2v) is 12.3. The van der Waals surface area contributed by atoms with Crippen molar-refractivity contribution < 1.29 is 13.2 Å². The number of hydrogen-bond acceptors (Lipinski definition) is 6. The first kappa shape index (κ1) is 31.3. The fourth-order valence-electron chi connectivity index (χ4n) is 6.68. The molecule has 1 saturated heterocycles. The highest BCUT2D eigenvalue weighted by Crippen LogP contribution is 2.38. The molecule has 0 bridgehead atoms. The number of amidine groups is 1. The van der Waals surface area contributed by atoms with Crippen LogP contribution in [-0.4, -0.2) is 54.1 Å². The van der Waals surface area contributed by atoms with E-state index >= 15 is 0 Å². The molecule has 3 aromatic heterocycles. The molecular formula is C33H36F3N9O. The number of pyridine rings is 1. The summed E-state index contributed by atoms with van der Waals surface area (Å²) in [6.07, 6.45) is 3.60. The molecule has 1 aromatic carbocycles. The fourth-order valence-corrected chi connectivity index (χ4v) is 6.68. The molecule has 0 saturated carbocycles. The summed E-state index contributed by atoms with van der Waals surface area (Å²) < 4.78 is 47.5. The molecule has 1 N–H and O–H groups in total. The van der Waals surface area contributed by atoms with Crippen molar-refractivity contribution in [2.24, 2.45) is 23.9 Å². The minimum Gasteiger partial charge on any atom is -0.330 e. The van der Waals surface area contributed by atoms with E-state index in [-0.39, 0.29) is 17.4 Å². The molecule has 0 radical (unpaired) electrons. The average Bonchev–Trinajstić information content (AvgIpc) is 3.59. The van der Waals surface area contributed by atoms with Gasteiger partial charge in [-0.1, -0.05) is 19.9 Å². The molecule has 2 aliphatic rings. The third kappa shape index (κ3) is 5.85. The molecule has 5 heterocycles. The van der Waals surface area contributed by atoms with Crippen LogP contribution in [0.5, 0.6) is 0 Å². The summed E-state index contributed by atoms with van der Waals surface area (Å²) in [5, 5.41) is 21.2. The minimum absolute atomic E-state index is 0.194. The highest BCUT2D eigenvalue weighted by atomic mass is 19.4. The summed E-state index contributed by atoms with van der Waals surface area (Å²) in [7, 11) is 1.81. The molecule has 0 spiro atoms. The number of allylic oxidation sites excluding steroid dienone is 1. The number of fused-ring (bicyclic) bond motifs is 1. The van der Waals surface area contributed by atoms with Gasteiger partial charge in [-0.2, -0.15) is 18.4 Å². The lowest BCUT2D eigenvalue weighted by Crippen LogP contribution is -2.40. The van der Waals surface area contributed by atoms with Crippen molar-refractivity contribution in [3.05, 3.63) is 81.8 Å².